The van der Waals surface area contributed by atoms with Gasteiger partial charge in [0.05, 0.1) is 0 Å². The smallest absolute Gasteiger partial charge is 0.407 e. The molecule has 2 aromatic rings. The zero-order valence-corrected chi connectivity index (χ0v) is 19.7. The minimum Gasteiger partial charge on any atom is -0.481 e. The highest BCUT2D eigenvalue weighted by Crippen LogP contribution is 2.44. The second-order valence-corrected chi connectivity index (χ2v) is 9.97. The quantitative estimate of drug-likeness (QED) is 0.482. The average Bonchev–Trinajstić information content (AvgIpc) is 3.56. The predicted molar refractivity (Wildman–Crippen MR) is 128 cm³/mol. The summed E-state index contributed by atoms with van der Waals surface area (Å²) in [6.45, 7) is 3.76. The van der Waals surface area contributed by atoms with E-state index in [0.29, 0.717) is 18.8 Å². The number of rotatable bonds is 10. The van der Waals surface area contributed by atoms with E-state index in [1.54, 1.807) is 13.8 Å². The number of carbonyl (C=O) groups is 3. The summed E-state index contributed by atoms with van der Waals surface area (Å²) in [7, 11) is 0. The highest BCUT2D eigenvalue weighted by molar-refractivity contribution is 5.86. The fraction of sp³-hybridized carbons (Fsp3) is 0.444. The topological polar surface area (TPSA) is 105 Å². The fourth-order valence-electron chi connectivity index (χ4n) is 4.60. The van der Waals surface area contributed by atoms with Crippen LogP contribution in [-0.4, -0.2) is 41.3 Å². The summed E-state index contributed by atoms with van der Waals surface area (Å²) in [6.07, 6.45) is 2.27. The summed E-state index contributed by atoms with van der Waals surface area (Å²) in [6, 6.07) is 15.5. The van der Waals surface area contributed by atoms with E-state index < -0.39 is 23.6 Å². The van der Waals surface area contributed by atoms with Gasteiger partial charge in [0.2, 0.25) is 5.91 Å². The van der Waals surface area contributed by atoms with E-state index >= 15 is 0 Å². The molecule has 3 N–H and O–H groups in total. The molecule has 0 spiro atoms. The van der Waals surface area contributed by atoms with Gasteiger partial charge in [0, 0.05) is 17.9 Å². The molecule has 2 amide bonds. The van der Waals surface area contributed by atoms with Crippen molar-refractivity contribution in [1.29, 1.82) is 0 Å². The van der Waals surface area contributed by atoms with E-state index in [9.17, 15) is 14.4 Å². The largest absolute Gasteiger partial charge is 0.481 e. The number of fused-ring (bicyclic) bond motifs is 3. The number of hydrogen-bond acceptors (Lipinski definition) is 4. The van der Waals surface area contributed by atoms with Crippen LogP contribution in [0, 0.1) is 5.92 Å². The second-order valence-electron chi connectivity index (χ2n) is 9.97. The standard InChI is InChI=1S/C27H32N2O5/c1-27(2,14-13-24(30)31)29-25(32)23(15-17-11-12-17)28-26(33)34-16-22-20-9-5-3-7-18(20)19-8-4-6-10-21(19)22/h3-10,17,22-23H,11-16H2,1-2H3,(H,28,33)(H,29,32)(H,30,31)/t23-/m0/s1. The fourth-order valence-corrected chi connectivity index (χ4v) is 4.60. The number of carboxylic acid groups (broad SMARTS) is 1. The van der Waals surface area contributed by atoms with Gasteiger partial charge < -0.3 is 20.5 Å². The first kappa shape index (κ1) is 23.8. The predicted octanol–water partition coefficient (Wildman–Crippen LogP) is 4.45. The van der Waals surface area contributed by atoms with Crippen molar-refractivity contribution in [3.05, 3.63) is 59.7 Å². The summed E-state index contributed by atoms with van der Waals surface area (Å²) < 4.78 is 5.62. The third kappa shape index (κ3) is 5.76. The van der Waals surface area contributed by atoms with Gasteiger partial charge in [-0.25, -0.2) is 4.79 Å². The number of ether oxygens (including phenoxy) is 1. The Labute approximate surface area is 199 Å². The summed E-state index contributed by atoms with van der Waals surface area (Å²) >= 11 is 0. The Kier molecular flexibility index (Phi) is 6.91. The molecule has 4 rings (SSSR count). The number of aliphatic carboxylic acids is 1. The highest BCUT2D eigenvalue weighted by Gasteiger charge is 2.34. The van der Waals surface area contributed by atoms with Gasteiger partial charge in [-0.3, -0.25) is 9.59 Å². The van der Waals surface area contributed by atoms with Crippen LogP contribution in [0.5, 0.6) is 0 Å². The molecule has 180 valence electrons. The lowest BCUT2D eigenvalue weighted by Crippen LogP contribution is -2.53. The van der Waals surface area contributed by atoms with Crippen molar-refractivity contribution >= 4 is 18.0 Å². The lowest BCUT2D eigenvalue weighted by Gasteiger charge is -2.29. The van der Waals surface area contributed by atoms with Crippen LogP contribution in [-0.2, 0) is 14.3 Å². The second kappa shape index (κ2) is 9.87. The maximum absolute atomic E-state index is 13.0. The molecule has 7 nitrogen and oxygen atoms in total. The van der Waals surface area contributed by atoms with E-state index in [2.05, 4.69) is 34.9 Å². The Balaban J connectivity index is 1.38. The Bertz CT molecular complexity index is 1030. The molecular formula is C27H32N2O5. The van der Waals surface area contributed by atoms with Gasteiger partial charge in [-0.15, -0.1) is 0 Å². The van der Waals surface area contributed by atoms with Gasteiger partial charge in [-0.1, -0.05) is 61.4 Å². The molecule has 0 aromatic heterocycles. The van der Waals surface area contributed by atoms with Gasteiger partial charge in [0.15, 0.2) is 0 Å². The lowest BCUT2D eigenvalue weighted by atomic mass is 9.97. The number of benzene rings is 2. The molecule has 1 saturated carbocycles. The van der Waals surface area contributed by atoms with Crippen LogP contribution in [0.25, 0.3) is 11.1 Å². The van der Waals surface area contributed by atoms with Crippen molar-refractivity contribution in [3.63, 3.8) is 0 Å². The number of alkyl carbamates (subject to hydrolysis) is 1. The number of carboxylic acids is 1. The van der Waals surface area contributed by atoms with Crippen molar-refractivity contribution in [2.75, 3.05) is 6.61 Å². The number of carbonyl (C=O) groups excluding carboxylic acids is 2. The van der Waals surface area contributed by atoms with Gasteiger partial charge in [0.25, 0.3) is 0 Å². The number of nitrogens with one attached hydrogen (secondary N) is 2. The van der Waals surface area contributed by atoms with Crippen LogP contribution >= 0.6 is 0 Å². The maximum atomic E-state index is 13.0. The van der Waals surface area contributed by atoms with E-state index in [-0.39, 0.29) is 24.9 Å². The molecule has 0 radical (unpaired) electrons. The normalized spacial score (nSPS) is 15.7. The van der Waals surface area contributed by atoms with Crippen LogP contribution in [0.1, 0.15) is 63.0 Å². The van der Waals surface area contributed by atoms with Crippen molar-refractivity contribution in [2.24, 2.45) is 5.92 Å². The Morgan fingerprint density at radius 2 is 1.62 bits per heavy atom. The van der Waals surface area contributed by atoms with Crippen molar-refractivity contribution in [1.82, 2.24) is 10.6 Å². The number of amides is 2. The van der Waals surface area contributed by atoms with Crippen LogP contribution in [0.3, 0.4) is 0 Å². The molecule has 7 heteroatoms. The molecule has 34 heavy (non-hydrogen) atoms. The first-order valence-electron chi connectivity index (χ1n) is 11.9. The van der Waals surface area contributed by atoms with Gasteiger partial charge >= 0.3 is 12.1 Å². The van der Waals surface area contributed by atoms with Gasteiger partial charge in [-0.05, 0) is 54.9 Å². The minimum atomic E-state index is -0.909. The summed E-state index contributed by atoms with van der Waals surface area (Å²) in [5.74, 6) is -0.861. The molecule has 1 atom stereocenters. The van der Waals surface area contributed by atoms with E-state index in [1.807, 2.05) is 24.3 Å². The van der Waals surface area contributed by atoms with Gasteiger partial charge in [-0.2, -0.15) is 0 Å². The zero-order chi connectivity index (χ0) is 24.3. The van der Waals surface area contributed by atoms with Crippen molar-refractivity contribution in [2.45, 2.75) is 63.5 Å². The summed E-state index contributed by atoms with van der Waals surface area (Å²) in [5, 5.41) is 14.6. The van der Waals surface area contributed by atoms with E-state index in [1.165, 1.54) is 0 Å². The van der Waals surface area contributed by atoms with E-state index in [4.69, 9.17) is 9.84 Å². The van der Waals surface area contributed by atoms with E-state index in [0.717, 1.165) is 35.1 Å². The molecule has 0 unspecified atom stereocenters. The average molecular weight is 465 g/mol. The third-order valence-electron chi connectivity index (χ3n) is 6.64. The SMILES string of the molecule is CC(C)(CCC(=O)O)NC(=O)[C@H](CC1CC1)NC(=O)OCC1c2ccccc2-c2ccccc21. The Morgan fingerprint density at radius 3 is 2.18 bits per heavy atom. The molecule has 0 saturated heterocycles. The summed E-state index contributed by atoms with van der Waals surface area (Å²) in [5.41, 5.74) is 3.87. The molecule has 2 aliphatic carbocycles. The lowest BCUT2D eigenvalue weighted by molar-refractivity contribution is -0.138. The van der Waals surface area contributed by atoms with Gasteiger partial charge in [0.1, 0.15) is 12.6 Å². The number of hydrogen-bond donors (Lipinski definition) is 3. The molecule has 0 heterocycles. The first-order chi connectivity index (χ1) is 16.2. The minimum absolute atomic E-state index is 0.0413. The van der Waals surface area contributed by atoms with Crippen molar-refractivity contribution < 1.29 is 24.2 Å². The molecule has 2 aliphatic rings. The third-order valence-corrected chi connectivity index (χ3v) is 6.64. The Hall–Kier alpha value is -3.35. The monoisotopic (exact) mass is 464 g/mol. The molecule has 1 fully saturated rings. The molecular weight excluding hydrogens is 432 g/mol. The van der Waals surface area contributed by atoms with Crippen LogP contribution in [0.2, 0.25) is 0 Å². The Morgan fingerprint density at radius 1 is 1.03 bits per heavy atom. The molecule has 0 aliphatic heterocycles. The molecule has 2 aromatic carbocycles. The maximum Gasteiger partial charge on any atom is 0.407 e. The van der Waals surface area contributed by atoms with Crippen LogP contribution in [0.4, 0.5) is 4.79 Å². The van der Waals surface area contributed by atoms with Crippen LogP contribution < -0.4 is 10.6 Å². The molecule has 0 bridgehead atoms. The zero-order valence-electron chi connectivity index (χ0n) is 19.7. The van der Waals surface area contributed by atoms with Crippen LogP contribution in [0.15, 0.2) is 48.5 Å². The summed E-state index contributed by atoms with van der Waals surface area (Å²) in [4.78, 5) is 36.6. The first-order valence-corrected chi connectivity index (χ1v) is 11.9. The highest BCUT2D eigenvalue weighted by atomic mass is 16.5. The van der Waals surface area contributed by atoms with Crippen molar-refractivity contribution in [3.8, 4) is 11.1 Å².